The van der Waals surface area contributed by atoms with E-state index in [4.69, 9.17) is 4.74 Å². The fourth-order valence-electron chi connectivity index (χ4n) is 2.35. The zero-order valence-corrected chi connectivity index (χ0v) is 11.9. The van der Waals surface area contributed by atoms with Crippen molar-refractivity contribution in [2.24, 2.45) is 7.05 Å². The zero-order chi connectivity index (χ0) is 14.0. The van der Waals surface area contributed by atoms with Crippen molar-refractivity contribution >= 4 is 5.91 Å². The topological polar surface area (TPSA) is 68.2 Å². The molecule has 3 atom stereocenters. The van der Waals surface area contributed by atoms with Gasteiger partial charge < -0.3 is 15.4 Å². The van der Waals surface area contributed by atoms with Crippen LogP contribution >= 0.6 is 0 Å². The first-order chi connectivity index (χ1) is 9.00. The molecule has 1 aromatic rings. The van der Waals surface area contributed by atoms with E-state index in [0.29, 0.717) is 13.2 Å². The van der Waals surface area contributed by atoms with Crippen LogP contribution in [0, 0.1) is 6.92 Å². The lowest BCUT2D eigenvalue weighted by Crippen LogP contribution is -2.55. The van der Waals surface area contributed by atoms with Crippen LogP contribution in [0.3, 0.4) is 0 Å². The highest BCUT2D eigenvalue weighted by Gasteiger charge is 2.29. The van der Waals surface area contributed by atoms with Crippen molar-refractivity contribution < 1.29 is 9.53 Å². The fourth-order valence-corrected chi connectivity index (χ4v) is 2.35. The SMILES string of the molecule is Cc1c(C(C)NC(=O)[C@H]2NCCO[C@@H]2C)cnn1C. The highest BCUT2D eigenvalue weighted by molar-refractivity contribution is 5.82. The summed E-state index contributed by atoms with van der Waals surface area (Å²) in [7, 11) is 1.89. The number of carbonyl (C=O) groups is 1. The van der Waals surface area contributed by atoms with Gasteiger partial charge in [-0.05, 0) is 20.8 Å². The molecule has 1 saturated heterocycles. The number of rotatable bonds is 3. The summed E-state index contributed by atoms with van der Waals surface area (Å²) in [6, 6.07) is -0.342. The largest absolute Gasteiger partial charge is 0.375 e. The second-order valence-electron chi connectivity index (χ2n) is 5.05. The summed E-state index contributed by atoms with van der Waals surface area (Å²) in [4.78, 5) is 12.2. The minimum absolute atomic E-state index is 0.0250. The smallest absolute Gasteiger partial charge is 0.240 e. The van der Waals surface area contributed by atoms with E-state index in [2.05, 4.69) is 15.7 Å². The Bertz CT molecular complexity index is 457. The summed E-state index contributed by atoms with van der Waals surface area (Å²) >= 11 is 0. The number of aromatic nitrogens is 2. The molecule has 1 aliphatic heterocycles. The van der Waals surface area contributed by atoms with Gasteiger partial charge in [0.2, 0.25) is 5.91 Å². The zero-order valence-electron chi connectivity index (χ0n) is 11.9. The maximum Gasteiger partial charge on any atom is 0.240 e. The van der Waals surface area contributed by atoms with E-state index in [1.807, 2.05) is 32.5 Å². The first kappa shape index (κ1) is 14.0. The van der Waals surface area contributed by atoms with Crippen molar-refractivity contribution in [1.29, 1.82) is 0 Å². The Balaban J connectivity index is 2.00. The van der Waals surface area contributed by atoms with E-state index < -0.39 is 0 Å². The highest BCUT2D eigenvalue weighted by atomic mass is 16.5. The molecule has 19 heavy (non-hydrogen) atoms. The summed E-state index contributed by atoms with van der Waals surface area (Å²) < 4.78 is 7.30. The minimum Gasteiger partial charge on any atom is -0.375 e. The fraction of sp³-hybridized carbons (Fsp3) is 0.692. The van der Waals surface area contributed by atoms with Crippen molar-refractivity contribution in [3.8, 4) is 0 Å². The summed E-state index contributed by atoms with van der Waals surface area (Å²) in [6.07, 6.45) is 1.70. The van der Waals surface area contributed by atoms with Gasteiger partial charge in [-0.15, -0.1) is 0 Å². The molecule has 1 aliphatic rings. The molecule has 1 amide bonds. The molecule has 0 spiro atoms. The molecule has 0 aromatic carbocycles. The summed E-state index contributed by atoms with van der Waals surface area (Å²) in [5.41, 5.74) is 2.11. The molecule has 1 aromatic heterocycles. The van der Waals surface area contributed by atoms with Gasteiger partial charge in [0.05, 0.1) is 24.9 Å². The van der Waals surface area contributed by atoms with Crippen LogP contribution in [0.5, 0.6) is 0 Å². The molecule has 6 nitrogen and oxygen atoms in total. The summed E-state index contributed by atoms with van der Waals surface area (Å²) in [6.45, 7) is 7.24. The number of carbonyl (C=O) groups excluding carboxylic acids is 1. The van der Waals surface area contributed by atoms with E-state index in [0.717, 1.165) is 11.3 Å². The van der Waals surface area contributed by atoms with Crippen molar-refractivity contribution in [3.63, 3.8) is 0 Å². The van der Waals surface area contributed by atoms with E-state index in [-0.39, 0.29) is 24.1 Å². The van der Waals surface area contributed by atoms with E-state index in [1.54, 1.807) is 6.20 Å². The number of hydrogen-bond donors (Lipinski definition) is 2. The third kappa shape index (κ3) is 2.96. The number of hydrogen-bond acceptors (Lipinski definition) is 4. The van der Waals surface area contributed by atoms with Gasteiger partial charge in [-0.1, -0.05) is 0 Å². The Morgan fingerprint density at radius 3 is 3.00 bits per heavy atom. The van der Waals surface area contributed by atoms with Gasteiger partial charge in [-0.25, -0.2) is 0 Å². The normalized spacial score (nSPS) is 25.1. The molecule has 1 fully saturated rings. The molecular weight excluding hydrogens is 244 g/mol. The number of ether oxygens (including phenoxy) is 1. The van der Waals surface area contributed by atoms with Crippen molar-refractivity contribution in [2.75, 3.05) is 13.2 Å². The van der Waals surface area contributed by atoms with Crippen LogP contribution in [-0.2, 0) is 16.6 Å². The molecule has 0 radical (unpaired) electrons. The predicted octanol–water partition coefficient (Wildman–Crippen LogP) is 0.283. The van der Waals surface area contributed by atoms with E-state index >= 15 is 0 Å². The maximum atomic E-state index is 12.2. The number of nitrogens with zero attached hydrogens (tertiary/aromatic N) is 2. The van der Waals surface area contributed by atoms with Crippen LogP contribution < -0.4 is 10.6 Å². The van der Waals surface area contributed by atoms with Crippen molar-refractivity contribution in [1.82, 2.24) is 20.4 Å². The van der Waals surface area contributed by atoms with Gasteiger partial charge in [0.1, 0.15) is 6.04 Å². The number of amides is 1. The molecule has 0 saturated carbocycles. The molecule has 1 unspecified atom stereocenters. The second-order valence-corrected chi connectivity index (χ2v) is 5.05. The standard InChI is InChI=1S/C13H22N4O2/c1-8(11-7-15-17(4)9(11)2)16-13(18)12-10(3)19-6-5-14-12/h7-8,10,12,14H,5-6H2,1-4H3,(H,16,18)/t8?,10-,12+/m1/s1. The number of aryl methyl sites for hydroxylation is 1. The van der Waals surface area contributed by atoms with Gasteiger partial charge in [0.25, 0.3) is 0 Å². The van der Waals surface area contributed by atoms with E-state index in [9.17, 15) is 4.79 Å². The Morgan fingerprint density at radius 1 is 1.68 bits per heavy atom. The average molecular weight is 266 g/mol. The molecule has 2 heterocycles. The monoisotopic (exact) mass is 266 g/mol. The lowest BCUT2D eigenvalue weighted by molar-refractivity contribution is -0.129. The predicted molar refractivity (Wildman–Crippen MR) is 71.7 cm³/mol. The Morgan fingerprint density at radius 2 is 2.42 bits per heavy atom. The van der Waals surface area contributed by atoms with Gasteiger partial charge in [-0.3, -0.25) is 9.48 Å². The molecular formula is C13H22N4O2. The van der Waals surface area contributed by atoms with Gasteiger partial charge >= 0.3 is 0 Å². The van der Waals surface area contributed by atoms with Crippen LogP contribution in [0.4, 0.5) is 0 Å². The molecule has 6 heteroatoms. The van der Waals surface area contributed by atoms with Crippen LogP contribution in [0.15, 0.2) is 6.20 Å². The van der Waals surface area contributed by atoms with Crippen molar-refractivity contribution in [3.05, 3.63) is 17.5 Å². The highest BCUT2D eigenvalue weighted by Crippen LogP contribution is 2.16. The maximum absolute atomic E-state index is 12.2. The Hall–Kier alpha value is -1.40. The van der Waals surface area contributed by atoms with Crippen LogP contribution in [-0.4, -0.2) is 41.0 Å². The minimum atomic E-state index is -0.284. The lowest BCUT2D eigenvalue weighted by Gasteiger charge is -2.30. The number of morpholine rings is 1. The Labute approximate surface area is 113 Å². The first-order valence-electron chi connectivity index (χ1n) is 6.64. The van der Waals surface area contributed by atoms with Crippen molar-refractivity contribution in [2.45, 2.75) is 39.0 Å². The third-order valence-electron chi connectivity index (χ3n) is 3.70. The van der Waals surface area contributed by atoms with Crippen LogP contribution in [0.25, 0.3) is 0 Å². The van der Waals surface area contributed by atoms with E-state index in [1.165, 1.54) is 0 Å². The average Bonchev–Trinajstić information content (AvgIpc) is 2.70. The molecule has 0 bridgehead atoms. The first-order valence-corrected chi connectivity index (χ1v) is 6.64. The summed E-state index contributed by atoms with van der Waals surface area (Å²) in [5.74, 6) is -0.0250. The lowest BCUT2D eigenvalue weighted by atomic mass is 10.1. The second kappa shape index (κ2) is 5.71. The van der Waals surface area contributed by atoms with Gasteiger partial charge in [0, 0.05) is 24.8 Å². The molecule has 2 N–H and O–H groups in total. The molecule has 0 aliphatic carbocycles. The van der Waals surface area contributed by atoms with Crippen LogP contribution in [0.1, 0.15) is 31.1 Å². The van der Waals surface area contributed by atoms with Gasteiger partial charge in [-0.2, -0.15) is 5.10 Å². The summed E-state index contributed by atoms with van der Waals surface area (Å²) in [5, 5.41) is 10.4. The van der Waals surface area contributed by atoms with Gasteiger partial charge in [0.15, 0.2) is 0 Å². The molecule has 2 rings (SSSR count). The number of nitrogens with one attached hydrogen (secondary N) is 2. The Kier molecular flexibility index (Phi) is 4.21. The quantitative estimate of drug-likeness (QED) is 0.825. The molecule has 106 valence electrons. The van der Waals surface area contributed by atoms with Crippen LogP contribution in [0.2, 0.25) is 0 Å². The third-order valence-corrected chi connectivity index (χ3v) is 3.70.